The number of hydroxylamine groups is 2. The third-order valence-corrected chi connectivity index (χ3v) is 14.3. The smallest absolute Gasteiger partial charge is 0.252 e. The van der Waals surface area contributed by atoms with Crippen LogP contribution in [0.1, 0.15) is 131 Å². The first-order chi connectivity index (χ1) is 23.8. The van der Waals surface area contributed by atoms with Crippen LogP contribution in [0, 0.1) is 46.3 Å². The Kier molecular flexibility index (Phi) is 9.28. The molecule has 0 aromatic heterocycles. The minimum atomic E-state index is -1.05. The lowest BCUT2D eigenvalue weighted by molar-refractivity contribution is -0.138. The summed E-state index contributed by atoms with van der Waals surface area (Å²) in [7, 11) is 0. The van der Waals surface area contributed by atoms with Gasteiger partial charge < -0.3 is 4.74 Å². The number of benzene rings is 2. The normalized spacial score (nSPS) is 34.8. The van der Waals surface area contributed by atoms with Crippen molar-refractivity contribution in [1.82, 2.24) is 11.0 Å². The second-order valence-electron chi connectivity index (χ2n) is 17.9. The molecular weight excluding hydrogens is 612 g/mol. The van der Waals surface area contributed by atoms with Gasteiger partial charge in [0.25, 0.3) is 11.8 Å². The molecule has 8 bridgehead atoms. The quantitative estimate of drug-likeness (QED) is 0.0918. The zero-order valence-corrected chi connectivity index (χ0v) is 29.1. The maximum atomic E-state index is 13.1. The van der Waals surface area contributed by atoms with E-state index in [4.69, 9.17) is 4.74 Å². The van der Waals surface area contributed by atoms with Crippen molar-refractivity contribution in [1.29, 1.82) is 0 Å². The average molecular weight is 669 g/mol. The van der Waals surface area contributed by atoms with Crippen LogP contribution in [-0.4, -0.2) is 28.8 Å². The fraction of sp³-hybridized carbons (Fsp3) is 0.667. The highest BCUT2D eigenvalue weighted by molar-refractivity contribution is 5.94. The summed E-state index contributed by atoms with van der Waals surface area (Å²) >= 11 is 0. The summed E-state index contributed by atoms with van der Waals surface area (Å²) < 4.78 is 6.15. The van der Waals surface area contributed by atoms with Gasteiger partial charge in [-0.3, -0.25) is 20.0 Å². The molecule has 4 N–H and O–H groups in total. The largest absolute Gasteiger partial charge is 0.494 e. The Balaban J connectivity index is 0.889. The molecule has 10 rings (SSSR count). The Labute approximate surface area is 291 Å². The molecule has 0 saturated heterocycles. The molecule has 0 aliphatic heterocycles. The fourth-order valence-electron chi connectivity index (χ4n) is 13.3. The first-order valence-corrected chi connectivity index (χ1v) is 19.5. The standard InChI is InChI=1S/C42H56N2O5/c45-39(43-47)37(34-6-4-27(5-7-34)3-1-12-41-21-28-15-29(22-41)17-30(16-28)23-41)38(40(46)44-48)35-8-10-36(11-9-35)49-14-2-13-42-24-31-18-32(25-42)20-33(19-31)26-42/h4-11,28-33,37-38,47-48H,1-3,12-26H2,(H,43,45)(H,44,46). The molecule has 2 amide bonds. The Morgan fingerprint density at radius 1 is 0.612 bits per heavy atom. The van der Waals surface area contributed by atoms with Crippen molar-refractivity contribution in [3.05, 3.63) is 65.2 Å². The van der Waals surface area contributed by atoms with E-state index in [1.54, 1.807) is 23.1 Å². The Bertz CT molecular complexity index is 1410. The summed E-state index contributed by atoms with van der Waals surface area (Å²) in [6.07, 6.45) is 23.1. The highest BCUT2D eigenvalue weighted by Crippen LogP contribution is 2.62. The number of rotatable bonds is 14. The zero-order valence-electron chi connectivity index (χ0n) is 29.1. The monoisotopic (exact) mass is 668 g/mol. The zero-order chi connectivity index (χ0) is 33.6. The lowest BCUT2D eigenvalue weighted by Gasteiger charge is -2.57. The van der Waals surface area contributed by atoms with Gasteiger partial charge in [0.2, 0.25) is 0 Å². The number of nitrogens with one attached hydrogen (secondary N) is 2. The van der Waals surface area contributed by atoms with Gasteiger partial charge in [0.05, 0.1) is 18.4 Å². The molecule has 8 saturated carbocycles. The molecular formula is C42H56N2O5. The molecule has 2 atom stereocenters. The van der Waals surface area contributed by atoms with Crippen molar-refractivity contribution in [3.63, 3.8) is 0 Å². The molecule has 8 aliphatic rings. The maximum Gasteiger partial charge on any atom is 0.252 e. The fourth-order valence-corrected chi connectivity index (χ4v) is 13.3. The molecule has 2 unspecified atom stereocenters. The van der Waals surface area contributed by atoms with Crippen molar-refractivity contribution in [2.75, 3.05) is 6.61 Å². The second kappa shape index (κ2) is 13.7. The summed E-state index contributed by atoms with van der Waals surface area (Å²) in [6, 6.07) is 15.1. The van der Waals surface area contributed by atoms with Crippen LogP contribution in [0.25, 0.3) is 0 Å². The van der Waals surface area contributed by atoms with Gasteiger partial charge in [0.15, 0.2) is 0 Å². The summed E-state index contributed by atoms with van der Waals surface area (Å²) in [5, 5.41) is 19.4. The number of carbonyl (C=O) groups is 2. The number of carbonyl (C=O) groups excluding carboxylic acids is 2. The van der Waals surface area contributed by atoms with Crippen LogP contribution in [0.15, 0.2) is 48.5 Å². The number of aryl methyl sites for hydroxylation is 1. The van der Waals surface area contributed by atoms with Crippen LogP contribution < -0.4 is 15.7 Å². The van der Waals surface area contributed by atoms with E-state index >= 15 is 0 Å². The highest BCUT2D eigenvalue weighted by atomic mass is 16.5. The molecule has 7 heteroatoms. The predicted molar refractivity (Wildman–Crippen MR) is 187 cm³/mol. The third kappa shape index (κ3) is 6.91. The average Bonchev–Trinajstić information content (AvgIpc) is 3.08. The van der Waals surface area contributed by atoms with Crippen LogP contribution in [-0.2, 0) is 16.0 Å². The molecule has 264 valence electrons. The van der Waals surface area contributed by atoms with E-state index in [2.05, 4.69) is 0 Å². The van der Waals surface area contributed by atoms with E-state index in [0.717, 1.165) is 60.5 Å². The van der Waals surface area contributed by atoms with Gasteiger partial charge in [0.1, 0.15) is 5.75 Å². The van der Waals surface area contributed by atoms with Gasteiger partial charge in [0, 0.05) is 0 Å². The van der Waals surface area contributed by atoms with Crippen molar-refractivity contribution in [2.45, 2.75) is 121 Å². The van der Waals surface area contributed by atoms with Crippen molar-refractivity contribution in [3.8, 4) is 5.75 Å². The van der Waals surface area contributed by atoms with E-state index < -0.39 is 23.7 Å². The predicted octanol–water partition coefficient (Wildman–Crippen LogP) is 8.48. The molecule has 0 spiro atoms. The number of hydrogen-bond donors (Lipinski definition) is 4. The second-order valence-corrected chi connectivity index (χ2v) is 17.9. The molecule has 49 heavy (non-hydrogen) atoms. The van der Waals surface area contributed by atoms with E-state index in [0.29, 0.717) is 28.6 Å². The minimum absolute atomic E-state index is 0.543. The van der Waals surface area contributed by atoms with Gasteiger partial charge in [-0.15, -0.1) is 0 Å². The number of ether oxygens (including phenoxy) is 1. The summed E-state index contributed by atoms with van der Waals surface area (Å²) in [4.78, 5) is 26.3. The van der Waals surface area contributed by atoms with Gasteiger partial charge in [-0.1, -0.05) is 36.4 Å². The third-order valence-electron chi connectivity index (χ3n) is 14.3. The summed E-state index contributed by atoms with van der Waals surface area (Å²) in [5.41, 5.74) is 7.02. The Hall–Kier alpha value is -2.90. The van der Waals surface area contributed by atoms with Crippen LogP contribution in [0.5, 0.6) is 5.75 Å². The van der Waals surface area contributed by atoms with Crippen molar-refractivity contribution in [2.24, 2.45) is 46.3 Å². The van der Waals surface area contributed by atoms with Crippen LogP contribution in [0.3, 0.4) is 0 Å². The maximum absolute atomic E-state index is 13.1. The van der Waals surface area contributed by atoms with Crippen LogP contribution in [0.4, 0.5) is 0 Å². The highest BCUT2D eigenvalue weighted by Gasteiger charge is 2.51. The lowest BCUT2D eigenvalue weighted by atomic mass is 9.48. The minimum Gasteiger partial charge on any atom is -0.494 e. The molecule has 2 aromatic carbocycles. The molecule has 0 heterocycles. The molecule has 7 nitrogen and oxygen atoms in total. The van der Waals surface area contributed by atoms with E-state index in [1.165, 1.54) is 95.5 Å². The Morgan fingerprint density at radius 2 is 1.00 bits per heavy atom. The van der Waals surface area contributed by atoms with Crippen molar-refractivity contribution >= 4 is 11.8 Å². The van der Waals surface area contributed by atoms with Gasteiger partial charge in [-0.25, -0.2) is 11.0 Å². The number of hydrogen-bond acceptors (Lipinski definition) is 5. The van der Waals surface area contributed by atoms with Gasteiger partial charge in [-0.2, -0.15) is 0 Å². The summed E-state index contributed by atoms with van der Waals surface area (Å²) in [6.45, 7) is 0.659. The Morgan fingerprint density at radius 3 is 1.41 bits per heavy atom. The number of amides is 2. The molecule has 0 radical (unpaired) electrons. The topological polar surface area (TPSA) is 108 Å². The van der Waals surface area contributed by atoms with Gasteiger partial charge in [-0.05, 0) is 184 Å². The van der Waals surface area contributed by atoms with Gasteiger partial charge >= 0.3 is 0 Å². The first kappa shape index (κ1) is 33.3. The van der Waals surface area contributed by atoms with Crippen LogP contribution >= 0.6 is 0 Å². The van der Waals surface area contributed by atoms with E-state index in [9.17, 15) is 20.0 Å². The SMILES string of the molecule is O=C(NO)C(c1ccc(CCCC23CC4CC(CC(C4)C2)C3)cc1)C(C(=O)NO)c1ccc(OCCCC23CC4CC(CC(C4)C2)C3)cc1. The molecule has 8 fully saturated rings. The lowest BCUT2D eigenvalue weighted by Crippen LogP contribution is -2.46. The first-order valence-electron chi connectivity index (χ1n) is 19.5. The van der Waals surface area contributed by atoms with Crippen molar-refractivity contribution < 1.29 is 24.7 Å². The molecule has 8 aliphatic carbocycles. The van der Waals surface area contributed by atoms with E-state index in [1.807, 2.05) is 36.4 Å². The molecule has 2 aromatic rings. The van der Waals surface area contributed by atoms with E-state index in [-0.39, 0.29) is 0 Å². The van der Waals surface area contributed by atoms with Crippen LogP contribution in [0.2, 0.25) is 0 Å². The summed E-state index contributed by atoms with van der Waals surface area (Å²) in [5.74, 6) is 2.99.